The Labute approximate surface area is 130 Å². The zero-order valence-electron chi connectivity index (χ0n) is 12.1. The standard InChI is InChI=1S/C15H14N4O2S/c1-9-13(11-4-3-7-22-11)17-18-14(9)16-15(21)10-5-6-12(20)19(2)8-10/h3-8H,1-2H3,(H2,16,17,18,21). The zero-order chi connectivity index (χ0) is 15.7. The van der Waals surface area contributed by atoms with Crippen LogP contribution in [0.2, 0.25) is 0 Å². The topological polar surface area (TPSA) is 79.8 Å². The maximum atomic E-state index is 12.2. The number of anilines is 1. The van der Waals surface area contributed by atoms with Crippen molar-refractivity contribution in [3.8, 4) is 10.6 Å². The first-order valence-electron chi connectivity index (χ1n) is 6.63. The van der Waals surface area contributed by atoms with Crippen LogP contribution in [-0.2, 0) is 7.05 Å². The van der Waals surface area contributed by atoms with Crippen molar-refractivity contribution in [3.05, 3.63) is 57.3 Å². The van der Waals surface area contributed by atoms with Gasteiger partial charge in [-0.25, -0.2) is 0 Å². The zero-order valence-corrected chi connectivity index (χ0v) is 12.9. The molecule has 112 valence electrons. The van der Waals surface area contributed by atoms with Crippen LogP contribution in [0.15, 0.2) is 40.6 Å². The van der Waals surface area contributed by atoms with Gasteiger partial charge in [0.25, 0.3) is 5.91 Å². The molecule has 0 unspecified atom stereocenters. The molecule has 3 rings (SSSR count). The molecule has 0 spiro atoms. The highest BCUT2D eigenvalue weighted by atomic mass is 32.1. The fourth-order valence-corrected chi connectivity index (χ4v) is 2.87. The molecule has 0 aliphatic rings. The van der Waals surface area contributed by atoms with Crippen molar-refractivity contribution in [3.63, 3.8) is 0 Å². The highest BCUT2D eigenvalue weighted by molar-refractivity contribution is 7.13. The summed E-state index contributed by atoms with van der Waals surface area (Å²) in [7, 11) is 1.60. The van der Waals surface area contributed by atoms with E-state index in [1.165, 1.54) is 22.9 Å². The molecule has 6 nitrogen and oxygen atoms in total. The Kier molecular flexibility index (Phi) is 3.64. The van der Waals surface area contributed by atoms with Crippen LogP contribution in [-0.4, -0.2) is 20.7 Å². The minimum Gasteiger partial charge on any atom is -0.318 e. The third kappa shape index (κ3) is 2.58. The first-order chi connectivity index (χ1) is 10.6. The molecular formula is C15H14N4O2S. The number of nitrogens with zero attached hydrogens (tertiary/aromatic N) is 2. The number of hydrogen-bond acceptors (Lipinski definition) is 4. The van der Waals surface area contributed by atoms with E-state index >= 15 is 0 Å². The highest BCUT2D eigenvalue weighted by Gasteiger charge is 2.15. The maximum Gasteiger partial charge on any atom is 0.258 e. The predicted octanol–water partition coefficient (Wildman–Crippen LogP) is 2.40. The van der Waals surface area contributed by atoms with Gasteiger partial charge in [0.15, 0.2) is 5.82 Å². The van der Waals surface area contributed by atoms with Crippen LogP contribution in [0.25, 0.3) is 10.6 Å². The molecule has 7 heteroatoms. The lowest BCUT2D eigenvalue weighted by molar-refractivity contribution is 0.102. The lowest BCUT2D eigenvalue weighted by atomic mass is 10.2. The molecule has 0 atom stereocenters. The third-order valence-corrected chi connectivity index (χ3v) is 4.24. The number of carbonyl (C=O) groups is 1. The molecule has 3 heterocycles. The van der Waals surface area contributed by atoms with Gasteiger partial charge in [-0.1, -0.05) is 6.07 Å². The normalized spacial score (nSPS) is 10.6. The smallest absolute Gasteiger partial charge is 0.258 e. The molecule has 3 aromatic heterocycles. The van der Waals surface area contributed by atoms with E-state index < -0.39 is 0 Å². The second kappa shape index (κ2) is 5.61. The number of aromatic nitrogens is 3. The molecule has 0 bridgehead atoms. The summed E-state index contributed by atoms with van der Waals surface area (Å²) in [6.45, 7) is 1.90. The summed E-state index contributed by atoms with van der Waals surface area (Å²) in [5, 5.41) is 11.9. The van der Waals surface area contributed by atoms with Crippen LogP contribution < -0.4 is 10.9 Å². The number of rotatable bonds is 3. The van der Waals surface area contributed by atoms with Crippen molar-refractivity contribution >= 4 is 23.1 Å². The number of carbonyl (C=O) groups excluding carboxylic acids is 1. The number of aryl methyl sites for hydroxylation is 1. The van der Waals surface area contributed by atoms with Crippen LogP contribution >= 0.6 is 11.3 Å². The quantitative estimate of drug-likeness (QED) is 0.779. The van der Waals surface area contributed by atoms with Crippen molar-refractivity contribution < 1.29 is 4.79 Å². The molecule has 0 saturated heterocycles. The van der Waals surface area contributed by atoms with E-state index in [9.17, 15) is 9.59 Å². The molecule has 0 radical (unpaired) electrons. The largest absolute Gasteiger partial charge is 0.318 e. The maximum absolute atomic E-state index is 12.2. The van der Waals surface area contributed by atoms with Crippen LogP contribution in [0.5, 0.6) is 0 Å². The Bertz CT molecular complexity index is 877. The molecule has 0 saturated carbocycles. The van der Waals surface area contributed by atoms with Gasteiger partial charge in [-0.05, 0) is 24.4 Å². The summed E-state index contributed by atoms with van der Waals surface area (Å²) in [5.74, 6) is 0.185. The van der Waals surface area contributed by atoms with E-state index in [0.717, 1.165) is 16.1 Å². The van der Waals surface area contributed by atoms with E-state index in [-0.39, 0.29) is 11.5 Å². The van der Waals surface area contributed by atoms with Crippen LogP contribution in [0.4, 0.5) is 5.82 Å². The van der Waals surface area contributed by atoms with Crippen LogP contribution in [0.1, 0.15) is 15.9 Å². The van der Waals surface area contributed by atoms with Crippen molar-refractivity contribution in [2.75, 3.05) is 5.32 Å². The van der Waals surface area contributed by atoms with Gasteiger partial charge < -0.3 is 9.88 Å². The third-order valence-electron chi connectivity index (χ3n) is 3.36. The Morgan fingerprint density at radius 1 is 1.36 bits per heavy atom. The van der Waals surface area contributed by atoms with Gasteiger partial charge in [0.05, 0.1) is 16.1 Å². The van der Waals surface area contributed by atoms with Gasteiger partial charge >= 0.3 is 0 Å². The van der Waals surface area contributed by atoms with E-state index in [2.05, 4.69) is 15.5 Å². The number of amides is 1. The van der Waals surface area contributed by atoms with Crippen molar-refractivity contribution in [2.24, 2.45) is 7.05 Å². The average Bonchev–Trinajstić information content (AvgIpc) is 3.13. The first kappa shape index (κ1) is 14.3. The average molecular weight is 314 g/mol. The van der Waals surface area contributed by atoms with Gasteiger partial charge in [-0.3, -0.25) is 14.7 Å². The lowest BCUT2D eigenvalue weighted by Crippen LogP contribution is -2.19. The molecule has 1 amide bonds. The molecule has 0 aliphatic heterocycles. The van der Waals surface area contributed by atoms with E-state index in [1.807, 2.05) is 24.4 Å². The number of H-pyrrole nitrogens is 1. The van der Waals surface area contributed by atoms with Crippen molar-refractivity contribution in [2.45, 2.75) is 6.92 Å². The van der Waals surface area contributed by atoms with E-state index in [4.69, 9.17) is 0 Å². The predicted molar refractivity (Wildman–Crippen MR) is 86.3 cm³/mol. The Balaban J connectivity index is 1.86. The van der Waals surface area contributed by atoms with Gasteiger partial charge in [0.2, 0.25) is 5.56 Å². The fourth-order valence-electron chi connectivity index (χ4n) is 2.09. The molecule has 2 N–H and O–H groups in total. The Hall–Kier alpha value is -2.67. The summed E-state index contributed by atoms with van der Waals surface area (Å²) in [5.41, 5.74) is 2.01. The monoisotopic (exact) mass is 314 g/mol. The van der Waals surface area contributed by atoms with Crippen molar-refractivity contribution in [1.82, 2.24) is 14.8 Å². The van der Waals surface area contributed by atoms with E-state index in [0.29, 0.717) is 11.4 Å². The van der Waals surface area contributed by atoms with Gasteiger partial charge in [0, 0.05) is 24.9 Å². The number of aromatic amines is 1. The summed E-state index contributed by atoms with van der Waals surface area (Å²) in [6.07, 6.45) is 1.50. The summed E-state index contributed by atoms with van der Waals surface area (Å²) in [6, 6.07) is 6.82. The minimum absolute atomic E-state index is 0.160. The van der Waals surface area contributed by atoms with Gasteiger partial charge in [0.1, 0.15) is 0 Å². The molecule has 0 fully saturated rings. The number of pyridine rings is 1. The Morgan fingerprint density at radius 2 is 2.18 bits per heavy atom. The number of nitrogens with one attached hydrogen (secondary N) is 2. The Morgan fingerprint density at radius 3 is 2.86 bits per heavy atom. The number of thiophene rings is 1. The lowest BCUT2D eigenvalue weighted by Gasteiger charge is -2.05. The van der Waals surface area contributed by atoms with Crippen LogP contribution in [0, 0.1) is 6.92 Å². The van der Waals surface area contributed by atoms with Crippen LogP contribution in [0.3, 0.4) is 0 Å². The van der Waals surface area contributed by atoms with Crippen molar-refractivity contribution in [1.29, 1.82) is 0 Å². The first-order valence-corrected chi connectivity index (χ1v) is 7.51. The minimum atomic E-state index is -0.303. The second-order valence-corrected chi connectivity index (χ2v) is 5.82. The SMILES string of the molecule is Cc1c(NC(=O)c2ccc(=O)n(C)c2)n[nH]c1-c1cccs1. The summed E-state index contributed by atoms with van der Waals surface area (Å²) in [4.78, 5) is 24.7. The molecule has 3 aromatic rings. The van der Waals surface area contributed by atoms with Gasteiger partial charge in [-0.15, -0.1) is 11.3 Å². The summed E-state index contributed by atoms with van der Waals surface area (Å²) >= 11 is 1.60. The molecule has 0 aromatic carbocycles. The molecule has 22 heavy (non-hydrogen) atoms. The second-order valence-electron chi connectivity index (χ2n) is 4.87. The molecule has 0 aliphatic carbocycles. The molecular weight excluding hydrogens is 300 g/mol. The summed E-state index contributed by atoms with van der Waals surface area (Å²) < 4.78 is 1.36. The van der Waals surface area contributed by atoms with Gasteiger partial charge in [-0.2, -0.15) is 5.10 Å². The van der Waals surface area contributed by atoms with E-state index in [1.54, 1.807) is 18.4 Å². The highest BCUT2D eigenvalue weighted by Crippen LogP contribution is 2.29. The number of hydrogen-bond donors (Lipinski definition) is 2. The fraction of sp³-hybridized carbons (Fsp3) is 0.133.